The van der Waals surface area contributed by atoms with Gasteiger partial charge in [0.2, 0.25) is 0 Å². The molecule has 0 radical (unpaired) electrons. The number of nitrogens with two attached hydrogens (primary N) is 1. The molecule has 0 aliphatic heterocycles. The Morgan fingerprint density at radius 2 is 2.24 bits per heavy atom. The molecule has 0 amide bonds. The number of rotatable bonds is 7. The van der Waals surface area contributed by atoms with Crippen LogP contribution in [-0.4, -0.2) is 24.7 Å². The van der Waals surface area contributed by atoms with Crippen LogP contribution in [0.2, 0.25) is 0 Å². The minimum absolute atomic E-state index is 0.151. The van der Waals surface area contributed by atoms with Gasteiger partial charge < -0.3 is 10.5 Å². The maximum Gasteiger partial charge on any atom is 0.136 e. The fourth-order valence-electron chi connectivity index (χ4n) is 1.60. The standard InChI is InChI=1S/C13H20BrNOS/c1-10(15)9-11-5-3-6-12(14)13(11)16-7-4-8-17-2/h3,5-6,10H,4,7-9,15H2,1-2H3. The number of ether oxygens (including phenoxy) is 1. The zero-order chi connectivity index (χ0) is 12.7. The van der Waals surface area contributed by atoms with Gasteiger partial charge >= 0.3 is 0 Å². The number of halogens is 1. The average molecular weight is 318 g/mol. The molecule has 1 rings (SSSR count). The van der Waals surface area contributed by atoms with Crippen LogP contribution in [0, 0.1) is 0 Å². The summed E-state index contributed by atoms with van der Waals surface area (Å²) >= 11 is 5.38. The van der Waals surface area contributed by atoms with Crippen LogP contribution in [0.5, 0.6) is 5.75 Å². The fraction of sp³-hybridized carbons (Fsp3) is 0.538. The van der Waals surface area contributed by atoms with Crippen LogP contribution in [0.25, 0.3) is 0 Å². The minimum Gasteiger partial charge on any atom is -0.492 e. The van der Waals surface area contributed by atoms with E-state index in [1.807, 2.05) is 30.8 Å². The van der Waals surface area contributed by atoms with Crippen LogP contribution in [-0.2, 0) is 6.42 Å². The van der Waals surface area contributed by atoms with Gasteiger partial charge in [-0.15, -0.1) is 0 Å². The molecule has 4 heteroatoms. The molecule has 17 heavy (non-hydrogen) atoms. The van der Waals surface area contributed by atoms with Gasteiger partial charge in [0.05, 0.1) is 11.1 Å². The fourth-order valence-corrected chi connectivity index (χ4v) is 2.53. The van der Waals surface area contributed by atoms with Crippen molar-refractivity contribution in [2.24, 2.45) is 5.73 Å². The molecular formula is C13H20BrNOS. The third-order valence-corrected chi connectivity index (χ3v) is 3.65. The molecule has 0 saturated heterocycles. The Hall–Kier alpha value is -0.190. The lowest BCUT2D eigenvalue weighted by Gasteiger charge is -2.14. The summed E-state index contributed by atoms with van der Waals surface area (Å²) in [5.74, 6) is 2.08. The summed E-state index contributed by atoms with van der Waals surface area (Å²) in [6, 6.07) is 6.27. The topological polar surface area (TPSA) is 35.2 Å². The summed E-state index contributed by atoms with van der Waals surface area (Å²) in [7, 11) is 0. The zero-order valence-electron chi connectivity index (χ0n) is 10.4. The van der Waals surface area contributed by atoms with Gasteiger partial charge in [-0.1, -0.05) is 12.1 Å². The van der Waals surface area contributed by atoms with E-state index in [1.165, 1.54) is 5.56 Å². The number of benzene rings is 1. The quantitative estimate of drug-likeness (QED) is 0.782. The van der Waals surface area contributed by atoms with Crippen molar-refractivity contribution in [1.82, 2.24) is 0 Å². The number of hydrogen-bond donors (Lipinski definition) is 1. The second-order valence-electron chi connectivity index (χ2n) is 4.10. The normalized spacial score (nSPS) is 12.5. The summed E-state index contributed by atoms with van der Waals surface area (Å²) in [5.41, 5.74) is 7.02. The van der Waals surface area contributed by atoms with Crippen molar-refractivity contribution in [3.63, 3.8) is 0 Å². The van der Waals surface area contributed by atoms with E-state index >= 15 is 0 Å². The maximum absolute atomic E-state index is 5.86. The Bertz CT molecular complexity index is 344. The highest BCUT2D eigenvalue weighted by Crippen LogP contribution is 2.30. The van der Waals surface area contributed by atoms with Gasteiger partial charge in [-0.05, 0) is 59.3 Å². The van der Waals surface area contributed by atoms with E-state index in [1.54, 1.807) is 0 Å². The van der Waals surface area contributed by atoms with Crippen molar-refractivity contribution in [3.8, 4) is 5.75 Å². The van der Waals surface area contributed by atoms with Crippen LogP contribution in [0.4, 0.5) is 0 Å². The summed E-state index contributed by atoms with van der Waals surface area (Å²) in [6.07, 6.45) is 4.03. The van der Waals surface area contributed by atoms with Crippen molar-refractivity contribution in [2.75, 3.05) is 18.6 Å². The second-order valence-corrected chi connectivity index (χ2v) is 5.94. The molecule has 2 nitrogen and oxygen atoms in total. The molecule has 0 aliphatic carbocycles. The average Bonchev–Trinajstić information content (AvgIpc) is 2.26. The molecule has 2 N–H and O–H groups in total. The predicted molar refractivity (Wildman–Crippen MR) is 80.0 cm³/mol. The molecule has 0 spiro atoms. The van der Waals surface area contributed by atoms with E-state index in [-0.39, 0.29) is 6.04 Å². The minimum atomic E-state index is 0.151. The lowest BCUT2D eigenvalue weighted by molar-refractivity contribution is 0.313. The third kappa shape index (κ3) is 5.32. The molecule has 0 aromatic heterocycles. The monoisotopic (exact) mass is 317 g/mol. The highest BCUT2D eigenvalue weighted by molar-refractivity contribution is 9.10. The van der Waals surface area contributed by atoms with Crippen molar-refractivity contribution < 1.29 is 4.74 Å². The van der Waals surface area contributed by atoms with Crippen LogP contribution in [0.15, 0.2) is 22.7 Å². The Labute approximate surface area is 116 Å². The van der Waals surface area contributed by atoms with Crippen molar-refractivity contribution >= 4 is 27.7 Å². The molecule has 1 atom stereocenters. The first-order valence-corrected chi connectivity index (χ1v) is 7.98. The van der Waals surface area contributed by atoms with Crippen LogP contribution in [0.1, 0.15) is 18.9 Å². The summed E-state index contributed by atoms with van der Waals surface area (Å²) < 4.78 is 6.87. The Kier molecular flexibility index (Phi) is 7.00. The Morgan fingerprint density at radius 1 is 1.47 bits per heavy atom. The highest BCUT2D eigenvalue weighted by Gasteiger charge is 2.09. The van der Waals surface area contributed by atoms with Gasteiger partial charge in [0.25, 0.3) is 0 Å². The first kappa shape index (κ1) is 14.9. The van der Waals surface area contributed by atoms with E-state index < -0.39 is 0 Å². The summed E-state index contributed by atoms with van der Waals surface area (Å²) in [6.45, 7) is 2.77. The lowest BCUT2D eigenvalue weighted by Crippen LogP contribution is -2.18. The second kappa shape index (κ2) is 8.01. The molecule has 0 bridgehead atoms. The molecule has 1 aromatic rings. The maximum atomic E-state index is 5.86. The van der Waals surface area contributed by atoms with Crippen LogP contribution >= 0.6 is 27.7 Å². The molecular weight excluding hydrogens is 298 g/mol. The third-order valence-electron chi connectivity index (χ3n) is 2.33. The van der Waals surface area contributed by atoms with Gasteiger partial charge in [-0.2, -0.15) is 11.8 Å². The van der Waals surface area contributed by atoms with Crippen molar-refractivity contribution in [3.05, 3.63) is 28.2 Å². The molecule has 0 fully saturated rings. The number of hydrogen-bond acceptors (Lipinski definition) is 3. The number of para-hydroxylation sites is 1. The molecule has 0 saturated carbocycles. The SMILES string of the molecule is CSCCCOc1c(Br)cccc1CC(C)N. The molecule has 1 unspecified atom stereocenters. The largest absolute Gasteiger partial charge is 0.492 e. The molecule has 0 aliphatic rings. The predicted octanol–water partition coefficient (Wildman–Crippen LogP) is 3.47. The molecule has 0 heterocycles. The van der Waals surface area contributed by atoms with Gasteiger partial charge in [0.15, 0.2) is 0 Å². The van der Waals surface area contributed by atoms with E-state index in [9.17, 15) is 0 Å². The summed E-state index contributed by atoms with van der Waals surface area (Å²) in [4.78, 5) is 0. The van der Waals surface area contributed by atoms with Gasteiger partial charge in [-0.25, -0.2) is 0 Å². The number of thioether (sulfide) groups is 1. The van der Waals surface area contributed by atoms with Crippen molar-refractivity contribution in [2.45, 2.75) is 25.8 Å². The van der Waals surface area contributed by atoms with Crippen LogP contribution < -0.4 is 10.5 Å². The zero-order valence-corrected chi connectivity index (χ0v) is 12.8. The van der Waals surface area contributed by atoms with Crippen molar-refractivity contribution in [1.29, 1.82) is 0 Å². The lowest BCUT2D eigenvalue weighted by atomic mass is 10.1. The highest BCUT2D eigenvalue weighted by atomic mass is 79.9. The van der Waals surface area contributed by atoms with E-state index in [4.69, 9.17) is 10.5 Å². The van der Waals surface area contributed by atoms with Crippen LogP contribution in [0.3, 0.4) is 0 Å². The van der Waals surface area contributed by atoms with E-state index in [2.05, 4.69) is 28.3 Å². The first-order chi connectivity index (χ1) is 8.15. The smallest absolute Gasteiger partial charge is 0.136 e. The van der Waals surface area contributed by atoms with E-state index in [0.29, 0.717) is 0 Å². The van der Waals surface area contributed by atoms with Gasteiger partial charge in [0, 0.05) is 6.04 Å². The summed E-state index contributed by atoms with van der Waals surface area (Å²) in [5, 5.41) is 0. The Morgan fingerprint density at radius 3 is 2.88 bits per heavy atom. The van der Waals surface area contributed by atoms with E-state index in [0.717, 1.165) is 35.4 Å². The Balaban J connectivity index is 2.66. The van der Waals surface area contributed by atoms with Gasteiger partial charge in [-0.3, -0.25) is 0 Å². The molecule has 1 aromatic carbocycles. The van der Waals surface area contributed by atoms with Gasteiger partial charge in [0.1, 0.15) is 5.75 Å². The molecule has 96 valence electrons. The first-order valence-electron chi connectivity index (χ1n) is 5.80.